The average Bonchev–Trinajstić information content (AvgIpc) is 2.80. The van der Waals surface area contributed by atoms with Gasteiger partial charge in [-0.3, -0.25) is 4.99 Å². The molecule has 0 fully saturated rings. The quantitative estimate of drug-likeness (QED) is 0.758. The minimum Gasteiger partial charge on any atom is -0.300 e. The minimum atomic E-state index is 0.236. The van der Waals surface area contributed by atoms with Crippen molar-refractivity contribution in [1.82, 2.24) is 5.43 Å². The lowest BCUT2D eigenvalue weighted by molar-refractivity contribution is 0.566. The molecule has 2 unspecified atom stereocenters. The molecule has 0 saturated heterocycles. The van der Waals surface area contributed by atoms with Crippen LogP contribution in [0.4, 0.5) is 0 Å². The second-order valence-electron chi connectivity index (χ2n) is 4.16. The van der Waals surface area contributed by atoms with E-state index in [2.05, 4.69) is 46.7 Å². The summed E-state index contributed by atoms with van der Waals surface area (Å²) in [6.07, 6.45) is 3.77. The van der Waals surface area contributed by atoms with Crippen molar-refractivity contribution in [2.75, 3.05) is 0 Å². The topological polar surface area (TPSA) is 36.8 Å². The monoisotopic (exact) mass is 211 g/mol. The maximum atomic E-state index is 4.44. The van der Waals surface area contributed by atoms with Gasteiger partial charge in [-0.05, 0) is 11.1 Å². The Morgan fingerprint density at radius 3 is 2.81 bits per heavy atom. The number of hydrazone groups is 1. The average molecular weight is 211 g/mol. The Hall–Kier alpha value is -1.90. The SMILES string of the molecule is CC1C(c2ccccc2)=CN=C2C=NNC21. The summed E-state index contributed by atoms with van der Waals surface area (Å²) in [4.78, 5) is 4.44. The van der Waals surface area contributed by atoms with Crippen molar-refractivity contribution in [3.05, 3.63) is 42.1 Å². The zero-order valence-corrected chi connectivity index (χ0v) is 9.09. The number of nitrogens with one attached hydrogen (secondary N) is 1. The van der Waals surface area contributed by atoms with Gasteiger partial charge in [0.25, 0.3) is 0 Å². The highest BCUT2D eigenvalue weighted by Crippen LogP contribution is 2.30. The van der Waals surface area contributed by atoms with Crippen molar-refractivity contribution in [3.8, 4) is 0 Å². The van der Waals surface area contributed by atoms with E-state index in [0.717, 1.165) is 5.71 Å². The highest BCUT2D eigenvalue weighted by molar-refractivity contribution is 6.35. The molecule has 2 heterocycles. The maximum absolute atomic E-state index is 4.44. The molecule has 0 radical (unpaired) electrons. The summed E-state index contributed by atoms with van der Waals surface area (Å²) in [5, 5.41) is 4.07. The number of nitrogens with zero attached hydrogens (tertiary/aromatic N) is 2. The van der Waals surface area contributed by atoms with Gasteiger partial charge >= 0.3 is 0 Å². The molecule has 1 aromatic carbocycles. The second-order valence-corrected chi connectivity index (χ2v) is 4.16. The van der Waals surface area contributed by atoms with Gasteiger partial charge in [-0.1, -0.05) is 37.3 Å². The molecule has 3 heteroatoms. The number of fused-ring (bicyclic) bond motifs is 1. The Labute approximate surface area is 94.6 Å². The molecule has 0 bridgehead atoms. The Kier molecular flexibility index (Phi) is 2.10. The summed E-state index contributed by atoms with van der Waals surface area (Å²) in [6, 6.07) is 10.6. The van der Waals surface area contributed by atoms with E-state index in [9.17, 15) is 0 Å². The zero-order chi connectivity index (χ0) is 11.0. The molecule has 1 N–H and O–H groups in total. The van der Waals surface area contributed by atoms with Gasteiger partial charge in [0.2, 0.25) is 0 Å². The number of hydrogen-bond donors (Lipinski definition) is 1. The maximum Gasteiger partial charge on any atom is 0.0942 e. The fraction of sp³-hybridized carbons (Fsp3) is 0.231. The largest absolute Gasteiger partial charge is 0.300 e. The zero-order valence-electron chi connectivity index (χ0n) is 9.09. The Morgan fingerprint density at radius 2 is 2.00 bits per heavy atom. The van der Waals surface area contributed by atoms with Crippen molar-refractivity contribution in [3.63, 3.8) is 0 Å². The van der Waals surface area contributed by atoms with E-state index >= 15 is 0 Å². The van der Waals surface area contributed by atoms with E-state index in [1.54, 1.807) is 6.21 Å². The molecule has 0 aromatic heterocycles. The van der Waals surface area contributed by atoms with Crippen LogP contribution in [-0.2, 0) is 0 Å². The standard InChI is InChI=1S/C13H13N3/c1-9-11(10-5-3-2-4-6-10)7-14-12-8-15-16-13(9)12/h2-9,13,16H,1H3. The van der Waals surface area contributed by atoms with Crippen LogP contribution in [0.3, 0.4) is 0 Å². The first kappa shape index (κ1) is 9.33. The van der Waals surface area contributed by atoms with Gasteiger partial charge < -0.3 is 5.43 Å². The molecule has 0 amide bonds. The lowest BCUT2D eigenvalue weighted by Gasteiger charge is -2.25. The van der Waals surface area contributed by atoms with Gasteiger partial charge in [-0.25, -0.2) is 0 Å². The normalized spacial score (nSPS) is 26.8. The summed E-state index contributed by atoms with van der Waals surface area (Å²) >= 11 is 0. The molecule has 3 rings (SSSR count). The molecule has 0 aliphatic carbocycles. The third-order valence-electron chi connectivity index (χ3n) is 3.18. The highest BCUT2D eigenvalue weighted by Gasteiger charge is 2.30. The van der Waals surface area contributed by atoms with Crippen LogP contribution in [0, 0.1) is 5.92 Å². The molecule has 0 spiro atoms. The first-order chi connectivity index (χ1) is 7.86. The van der Waals surface area contributed by atoms with Crippen LogP contribution < -0.4 is 5.43 Å². The minimum absolute atomic E-state index is 0.236. The van der Waals surface area contributed by atoms with Crippen LogP contribution in [0.2, 0.25) is 0 Å². The molecule has 3 nitrogen and oxygen atoms in total. The van der Waals surface area contributed by atoms with Crippen LogP contribution in [0.15, 0.2) is 46.6 Å². The smallest absolute Gasteiger partial charge is 0.0942 e. The predicted octanol–water partition coefficient (Wildman–Crippen LogP) is 2.08. The summed E-state index contributed by atoms with van der Waals surface area (Å²) in [5.41, 5.74) is 6.65. The molecule has 80 valence electrons. The first-order valence-electron chi connectivity index (χ1n) is 5.48. The fourth-order valence-electron chi connectivity index (χ4n) is 2.22. The number of hydrogen-bond acceptors (Lipinski definition) is 3. The van der Waals surface area contributed by atoms with Crippen LogP contribution >= 0.6 is 0 Å². The van der Waals surface area contributed by atoms with Crippen molar-refractivity contribution < 1.29 is 0 Å². The van der Waals surface area contributed by atoms with Crippen LogP contribution in [0.25, 0.3) is 5.57 Å². The van der Waals surface area contributed by atoms with E-state index in [0.29, 0.717) is 5.92 Å². The van der Waals surface area contributed by atoms with E-state index < -0.39 is 0 Å². The molecule has 2 aliphatic rings. The van der Waals surface area contributed by atoms with Gasteiger partial charge in [0.05, 0.1) is 18.0 Å². The van der Waals surface area contributed by atoms with Crippen LogP contribution in [0.5, 0.6) is 0 Å². The third-order valence-corrected chi connectivity index (χ3v) is 3.18. The summed E-state index contributed by atoms with van der Waals surface area (Å²) in [6.45, 7) is 2.21. The van der Waals surface area contributed by atoms with Crippen LogP contribution in [-0.4, -0.2) is 18.0 Å². The molecule has 16 heavy (non-hydrogen) atoms. The Balaban J connectivity index is 2.01. The summed E-state index contributed by atoms with van der Waals surface area (Å²) in [5.74, 6) is 0.400. The van der Waals surface area contributed by atoms with Crippen molar-refractivity contribution in [2.45, 2.75) is 13.0 Å². The highest BCUT2D eigenvalue weighted by atomic mass is 15.3. The van der Waals surface area contributed by atoms with E-state index in [-0.39, 0.29) is 6.04 Å². The summed E-state index contributed by atoms with van der Waals surface area (Å²) < 4.78 is 0. The molecule has 2 atom stereocenters. The van der Waals surface area contributed by atoms with Crippen molar-refractivity contribution in [1.29, 1.82) is 0 Å². The molecule has 2 aliphatic heterocycles. The van der Waals surface area contributed by atoms with Crippen LogP contribution in [0.1, 0.15) is 12.5 Å². The van der Waals surface area contributed by atoms with Gasteiger partial charge in [0.15, 0.2) is 0 Å². The van der Waals surface area contributed by atoms with Gasteiger partial charge in [0.1, 0.15) is 0 Å². The Morgan fingerprint density at radius 1 is 1.19 bits per heavy atom. The summed E-state index contributed by atoms with van der Waals surface area (Å²) in [7, 11) is 0. The molecular weight excluding hydrogens is 198 g/mol. The number of aliphatic imine (C=N–C) groups is 1. The van der Waals surface area contributed by atoms with Gasteiger partial charge in [-0.15, -0.1) is 0 Å². The molecule has 0 saturated carbocycles. The first-order valence-corrected chi connectivity index (χ1v) is 5.48. The predicted molar refractivity (Wildman–Crippen MR) is 66.4 cm³/mol. The lowest BCUT2D eigenvalue weighted by Crippen LogP contribution is -2.36. The number of benzene rings is 1. The number of rotatable bonds is 1. The van der Waals surface area contributed by atoms with E-state index in [4.69, 9.17) is 0 Å². The molecular formula is C13H13N3. The van der Waals surface area contributed by atoms with Crippen molar-refractivity contribution >= 4 is 17.5 Å². The second kappa shape index (κ2) is 3.59. The van der Waals surface area contributed by atoms with Gasteiger partial charge in [-0.2, -0.15) is 5.10 Å². The Bertz CT molecular complexity index is 485. The lowest BCUT2D eigenvalue weighted by atomic mass is 9.85. The van der Waals surface area contributed by atoms with E-state index in [1.807, 2.05) is 12.3 Å². The third kappa shape index (κ3) is 1.36. The van der Waals surface area contributed by atoms with Crippen molar-refractivity contribution in [2.24, 2.45) is 16.0 Å². The van der Waals surface area contributed by atoms with Gasteiger partial charge in [0, 0.05) is 12.1 Å². The molecule has 1 aromatic rings. The fourth-order valence-corrected chi connectivity index (χ4v) is 2.22. The van der Waals surface area contributed by atoms with E-state index in [1.165, 1.54) is 11.1 Å².